The lowest BCUT2D eigenvalue weighted by Gasteiger charge is -2.04. The highest BCUT2D eigenvalue weighted by Gasteiger charge is 2.09. The summed E-state index contributed by atoms with van der Waals surface area (Å²) in [6.07, 6.45) is 2.85. The maximum absolute atomic E-state index is 12.0. The Labute approximate surface area is 137 Å². The van der Waals surface area contributed by atoms with Crippen LogP contribution in [0.25, 0.3) is 4.96 Å². The fourth-order valence-corrected chi connectivity index (χ4v) is 3.42. The first kappa shape index (κ1) is 17.0. The van der Waals surface area contributed by atoms with E-state index in [1.807, 2.05) is 6.92 Å². The molecule has 0 aliphatic rings. The van der Waals surface area contributed by atoms with Gasteiger partial charge in [0.05, 0.1) is 11.4 Å². The molecule has 1 N–H and O–H groups in total. The van der Waals surface area contributed by atoms with Gasteiger partial charge in [-0.1, -0.05) is 31.6 Å². The zero-order valence-electron chi connectivity index (χ0n) is 12.8. The quantitative estimate of drug-likeness (QED) is 0.742. The first-order valence-corrected chi connectivity index (χ1v) is 9.34. The number of hydrogen-bond donors (Lipinski definition) is 1. The van der Waals surface area contributed by atoms with Crippen LogP contribution < -0.4 is 10.9 Å². The molecule has 0 unspecified atom stereocenters. The van der Waals surface area contributed by atoms with E-state index in [2.05, 4.69) is 22.3 Å². The Kier molecular flexibility index (Phi) is 6.38. The maximum atomic E-state index is 12.0. The number of carbonyl (C=O) groups excluding carboxylic acids is 1. The molecule has 2 rings (SSSR count). The van der Waals surface area contributed by atoms with Gasteiger partial charge in [0.1, 0.15) is 5.01 Å². The predicted molar refractivity (Wildman–Crippen MR) is 90.6 cm³/mol. The molecule has 0 aromatic carbocycles. The molecule has 0 bridgehead atoms. The molecule has 2 aromatic heterocycles. The molecule has 2 aromatic rings. The minimum Gasteiger partial charge on any atom is -0.355 e. The van der Waals surface area contributed by atoms with Gasteiger partial charge >= 0.3 is 0 Å². The number of thioether (sulfide) groups is 1. The van der Waals surface area contributed by atoms with Gasteiger partial charge < -0.3 is 5.32 Å². The average molecular weight is 340 g/mol. The summed E-state index contributed by atoms with van der Waals surface area (Å²) in [5, 5.41) is 7.97. The first-order chi connectivity index (χ1) is 10.6. The SMILES string of the molecule is CCCCNC(=O)CSCc1cc(=O)n2nc(CC)sc2n1. The van der Waals surface area contributed by atoms with Crippen molar-refractivity contribution in [1.82, 2.24) is 19.9 Å². The molecule has 1 amide bonds. The van der Waals surface area contributed by atoms with Crippen LogP contribution in [0.1, 0.15) is 37.4 Å². The first-order valence-electron chi connectivity index (χ1n) is 7.37. The lowest BCUT2D eigenvalue weighted by Crippen LogP contribution is -2.26. The van der Waals surface area contributed by atoms with Crippen LogP contribution in [-0.2, 0) is 17.0 Å². The normalized spacial score (nSPS) is 11.0. The minimum atomic E-state index is -0.163. The zero-order valence-corrected chi connectivity index (χ0v) is 14.4. The number of fused-ring (bicyclic) bond motifs is 1. The molecule has 0 atom stereocenters. The lowest BCUT2D eigenvalue weighted by molar-refractivity contribution is -0.118. The second-order valence-electron chi connectivity index (χ2n) is 4.83. The molecule has 0 fully saturated rings. The van der Waals surface area contributed by atoms with Gasteiger partial charge in [-0.2, -0.15) is 9.61 Å². The van der Waals surface area contributed by atoms with Crippen molar-refractivity contribution in [1.29, 1.82) is 0 Å². The van der Waals surface area contributed by atoms with Crippen LogP contribution in [-0.4, -0.2) is 32.8 Å². The summed E-state index contributed by atoms with van der Waals surface area (Å²) in [5.41, 5.74) is 0.534. The van der Waals surface area contributed by atoms with Gasteiger partial charge in [-0.3, -0.25) is 9.59 Å². The Bertz CT molecular complexity index is 696. The van der Waals surface area contributed by atoms with E-state index in [1.165, 1.54) is 33.7 Å². The molecule has 2 heterocycles. The number of nitrogens with zero attached hydrogens (tertiary/aromatic N) is 3. The molecule has 0 radical (unpaired) electrons. The average Bonchev–Trinajstić information content (AvgIpc) is 2.91. The third-order valence-corrected chi connectivity index (χ3v) is 5.00. The van der Waals surface area contributed by atoms with Crippen LogP contribution in [0.15, 0.2) is 10.9 Å². The summed E-state index contributed by atoms with van der Waals surface area (Å²) in [5.74, 6) is 0.960. The van der Waals surface area contributed by atoms with Crippen molar-refractivity contribution >= 4 is 34.0 Å². The molecular weight excluding hydrogens is 320 g/mol. The van der Waals surface area contributed by atoms with Gasteiger partial charge in [-0.25, -0.2) is 4.98 Å². The van der Waals surface area contributed by atoms with E-state index < -0.39 is 0 Å². The third kappa shape index (κ3) is 4.54. The molecule has 8 heteroatoms. The van der Waals surface area contributed by atoms with E-state index in [-0.39, 0.29) is 11.5 Å². The van der Waals surface area contributed by atoms with Gasteiger partial charge in [0, 0.05) is 18.4 Å². The number of aryl methyl sites for hydroxylation is 1. The van der Waals surface area contributed by atoms with Crippen LogP contribution in [0, 0.1) is 0 Å². The molecule has 0 aliphatic heterocycles. The van der Waals surface area contributed by atoms with Crippen molar-refractivity contribution in [2.75, 3.05) is 12.3 Å². The standard InChI is InChI=1S/C14H20N4O2S2/c1-3-5-6-15-11(19)9-21-8-10-7-13(20)18-14(16-10)22-12(4-2)17-18/h7H,3-6,8-9H2,1-2H3,(H,15,19). The number of hydrogen-bond acceptors (Lipinski definition) is 6. The molecule has 0 spiro atoms. The monoisotopic (exact) mass is 340 g/mol. The van der Waals surface area contributed by atoms with Crippen LogP contribution in [0.4, 0.5) is 0 Å². The fourth-order valence-electron chi connectivity index (χ4n) is 1.82. The summed E-state index contributed by atoms with van der Waals surface area (Å²) in [6, 6.07) is 1.49. The molecule has 0 saturated heterocycles. The largest absolute Gasteiger partial charge is 0.355 e. The topological polar surface area (TPSA) is 76.4 Å². The Balaban J connectivity index is 1.92. The highest BCUT2D eigenvalue weighted by Crippen LogP contribution is 2.14. The summed E-state index contributed by atoms with van der Waals surface area (Å²) in [7, 11) is 0. The van der Waals surface area contributed by atoms with Gasteiger partial charge in [0.15, 0.2) is 0 Å². The minimum absolute atomic E-state index is 0.0299. The van der Waals surface area contributed by atoms with Crippen molar-refractivity contribution in [2.45, 2.75) is 38.9 Å². The highest BCUT2D eigenvalue weighted by molar-refractivity contribution is 7.99. The Morgan fingerprint density at radius 3 is 3.00 bits per heavy atom. The highest BCUT2D eigenvalue weighted by atomic mass is 32.2. The molecule has 120 valence electrons. The van der Waals surface area contributed by atoms with Crippen molar-refractivity contribution < 1.29 is 4.79 Å². The number of nitrogens with one attached hydrogen (secondary N) is 1. The second kappa shape index (κ2) is 8.28. The van der Waals surface area contributed by atoms with Gasteiger partial charge in [-0.15, -0.1) is 11.8 Å². The molecule has 6 nitrogen and oxygen atoms in total. The summed E-state index contributed by atoms with van der Waals surface area (Å²) in [6.45, 7) is 4.81. The number of amides is 1. The van der Waals surface area contributed by atoms with E-state index in [9.17, 15) is 9.59 Å². The maximum Gasteiger partial charge on any atom is 0.275 e. The fraction of sp³-hybridized carbons (Fsp3) is 0.571. The Morgan fingerprint density at radius 1 is 1.45 bits per heavy atom. The van der Waals surface area contributed by atoms with E-state index in [1.54, 1.807) is 0 Å². The lowest BCUT2D eigenvalue weighted by atomic mass is 10.3. The second-order valence-corrected chi connectivity index (χ2v) is 6.85. The van der Waals surface area contributed by atoms with E-state index in [0.717, 1.165) is 30.8 Å². The van der Waals surface area contributed by atoms with Crippen LogP contribution >= 0.6 is 23.1 Å². The number of rotatable bonds is 8. The van der Waals surface area contributed by atoms with E-state index in [0.29, 0.717) is 22.2 Å². The van der Waals surface area contributed by atoms with E-state index in [4.69, 9.17) is 0 Å². The Hall–Kier alpha value is -1.41. The number of aromatic nitrogens is 3. The molecular formula is C14H20N4O2S2. The third-order valence-electron chi connectivity index (χ3n) is 2.98. The van der Waals surface area contributed by atoms with Crippen LogP contribution in [0.2, 0.25) is 0 Å². The molecule has 22 heavy (non-hydrogen) atoms. The van der Waals surface area contributed by atoms with Gasteiger partial charge in [-0.05, 0) is 12.8 Å². The van der Waals surface area contributed by atoms with Crippen molar-refractivity contribution in [3.8, 4) is 0 Å². The Morgan fingerprint density at radius 2 is 2.27 bits per heavy atom. The summed E-state index contributed by atoms with van der Waals surface area (Å²) >= 11 is 2.89. The predicted octanol–water partition coefficient (Wildman–Crippen LogP) is 1.86. The summed E-state index contributed by atoms with van der Waals surface area (Å²) in [4.78, 5) is 28.6. The van der Waals surface area contributed by atoms with Crippen molar-refractivity contribution in [3.63, 3.8) is 0 Å². The van der Waals surface area contributed by atoms with E-state index >= 15 is 0 Å². The van der Waals surface area contributed by atoms with Crippen molar-refractivity contribution in [2.24, 2.45) is 0 Å². The summed E-state index contributed by atoms with van der Waals surface area (Å²) < 4.78 is 1.34. The van der Waals surface area contributed by atoms with Gasteiger partial charge in [0.2, 0.25) is 10.9 Å². The van der Waals surface area contributed by atoms with Gasteiger partial charge in [0.25, 0.3) is 5.56 Å². The van der Waals surface area contributed by atoms with Crippen molar-refractivity contribution in [3.05, 3.63) is 27.1 Å². The smallest absolute Gasteiger partial charge is 0.275 e. The molecule has 0 aliphatic carbocycles. The zero-order chi connectivity index (χ0) is 15.9. The number of carbonyl (C=O) groups is 1. The number of unbranched alkanes of at least 4 members (excludes halogenated alkanes) is 1. The van der Waals surface area contributed by atoms with Crippen LogP contribution in [0.5, 0.6) is 0 Å². The molecule has 0 saturated carbocycles. The van der Waals surface area contributed by atoms with Crippen LogP contribution in [0.3, 0.4) is 0 Å².